The van der Waals surface area contributed by atoms with E-state index in [2.05, 4.69) is 15.9 Å². The molecule has 2 amide bonds. The molecular weight excluding hydrogens is 538 g/mol. The van der Waals surface area contributed by atoms with Gasteiger partial charge in [-0.1, -0.05) is 34.1 Å². The number of aryl methyl sites for hydroxylation is 1. The second-order valence-corrected chi connectivity index (χ2v) is 9.56. The molecule has 0 spiro atoms. The van der Waals surface area contributed by atoms with Crippen LogP contribution >= 0.6 is 15.9 Å². The molecule has 4 aromatic rings. The third-order valence-corrected chi connectivity index (χ3v) is 7.00. The van der Waals surface area contributed by atoms with Crippen molar-refractivity contribution in [1.29, 1.82) is 0 Å². The molecule has 3 aromatic carbocycles. The van der Waals surface area contributed by atoms with E-state index >= 15 is 0 Å². The van der Waals surface area contributed by atoms with Gasteiger partial charge in [-0.15, -0.1) is 0 Å². The first-order valence-electron chi connectivity index (χ1n) is 11.8. The molecule has 8 nitrogen and oxygen atoms in total. The number of fused-ring (bicyclic) bond motifs is 2. The number of nitrogens with zero attached hydrogens (tertiary/aromatic N) is 3. The summed E-state index contributed by atoms with van der Waals surface area (Å²) in [5.74, 6) is 1.09. The van der Waals surface area contributed by atoms with Crippen LogP contribution in [0.3, 0.4) is 0 Å². The molecule has 0 bridgehead atoms. The third-order valence-electron chi connectivity index (χ3n) is 6.51. The van der Waals surface area contributed by atoms with Crippen molar-refractivity contribution in [2.24, 2.45) is 0 Å². The molecule has 0 unspecified atom stereocenters. The van der Waals surface area contributed by atoms with Gasteiger partial charge in [0.25, 0.3) is 17.4 Å². The molecule has 0 aliphatic carbocycles. The second kappa shape index (κ2) is 10.2. The first-order valence-corrected chi connectivity index (χ1v) is 12.6. The first kappa shape index (κ1) is 24.7. The third kappa shape index (κ3) is 4.62. The topological polar surface area (TPSA) is 90.7 Å². The number of hydrogen-bond acceptors (Lipinski definition) is 6. The van der Waals surface area contributed by atoms with Gasteiger partial charge in [0.15, 0.2) is 11.5 Å². The van der Waals surface area contributed by atoms with E-state index in [1.807, 2.05) is 24.3 Å². The van der Waals surface area contributed by atoms with Gasteiger partial charge in [0.2, 0.25) is 0 Å². The highest BCUT2D eigenvalue weighted by Gasteiger charge is 2.34. The normalized spacial score (nSPS) is 12.8. The number of amides is 2. The van der Waals surface area contributed by atoms with Crippen LogP contribution in [-0.4, -0.2) is 47.0 Å². The Hall–Kier alpha value is -3.98. The van der Waals surface area contributed by atoms with Gasteiger partial charge >= 0.3 is 0 Å². The van der Waals surface area contributed by atoms with Crippen LogP contribution in [0.1, 0.15) is 32.1 Å². The Morgan fingerprint density at radius 1 is 0.811 bits per heavy atom. The van der Waals surface area contributed by atoms with E-state index in [1.165, 1.54) is 4.90 Å². The minimum absolute atomic E-state index is 0.120. The molecule has 0 radical (unpaired) electrons. The van der Waals surface area contributed by atoms with Crippen molar-refractivity contribution < 1.29 is 19.1 Å². The summed E-state index contributed by atoms with van der Waals surface area (Å²) in [6.45, 7) is 0.486. The van der Waals surface area contributed by atoms with Crippen molar-refractivity contribution in [3.8, 4) is 11.5 Å². The summed E-state index contributed by atoms with van der Waals surface area (Å²) in [7, 11) is 3.16. The Balaban J connectivity index is 1.46. The number of halogens is 1. The Morgan fingerprint density at radius 2 is 1.51 bits per heavy atom. The lowest BCUT2D eigenvalue weighted by Crippen LogP contribution is -2.34. The minimum Gasteiger partial charge on any atom is -0.493 e. The maximum absolute atomic E-state index is 13.5. The Kier molecular flexibility index (Phi) is 6.80. The number of benzene rings is 3. The summed E-state index contributed by atoms with van der Waals surface area (Å²) in [6.07, 6.45) is 0.791. The summed E-state index contributed by atoms with van der Waals surface area (Å²) in [6, 6.07) is 17.8. The lowest BCUT2D eigenvalue weighted by atomic mass is 10.1. The van der Waals surface area contributed by atoms with E-state index in [4.69, 9.17) is 14.5 Å². The monoisotopic (exact) mass is 561 g/mol. The molecule has 2 heterocycles. The van der Waals surface area contributed by atoms with Gasteiger partial charge in [0.05, 0.1) is 36.2 Å². The minimum atomic E-state index is -0.330. The van der Waals surface area contributed by atoms with E-state index < -0.39 is 0 Å². The van der Waals surface area contributed by atoms with Gasteiger partial charge in [-0.25, -0.2) is 4.98 Å². The van der Waals surface area contributed by atoms with E-state index in [1.54, 1.807) is 55.2 Å². The molecule has 0 fully saturated rings. The average molecular weight is 562 g/mol. The Morgan fingerprint density at radius 3 is 2.19 bits per heavy atom. The van der Waals surface area contributed by atoms with Crippen LogP contribution in [0, 0.1) is 0 Å². The van der Waals surface area contributed by atoms with Crippen molar-refractivity contribution in [3.63, 3.8) is 0 Å². The zero-order valence-corrected chi connectivity index (χ0v) is 21.9. The van der Waals surface area contributed by atoms with E-state index in [9.17, 15) is 14.4 Å². The molecule has 0 atom stereocenters. The largest absolute Gasteiger partial charge is 0.493 e. The standard InChI is InChI=1S/C28H24BrN3O5/c1-36-23-10-7-17(15-24(23)37-2)11-13-31-25(30-22-16-18(29)8-9-21(22)28(31)35)12-14-32-26(33)19-5-3-4-6-20(19)27(32)34/h3-10,15-16H,11-14H2,1-2H3. The van der Waals surface area contributed by atoms with E-state index in [-0.39, 0.29) is 30.3 Å². The van der Waals surface area contributed by atoms with Crippen LogP contribution in [0.5, 0.6) is 11.5 Å². The van der Waals surface area contributed by atoms with Gasteiger partial charge in [-0.05, 0) is 54.4 Å². The highest BCUT2D eigenvalue weighted by atomic mass is 79.9. The molecule has 1 aliphatic heterocycles. The lowest BCUT2D eigenvalue weighted by Gasteiger charge is -2.17. The molecule has 1 aliphatic rings. The number of ether oxygens (including phenoxy) is 2. The summed E-state index contributed by atoms with van der Waals surface area (Å²) in [5, 5.41) is 0.500. The van der Waals surface area contributed by atoms with E-state index in [0.29, 0.717) is 52.3 Å². The summed E-state index contributed by atoms with van der Waals surface area (Å²) in [5.41, 5.74) is 2.14. The maximum atomic E-state index is 13.5. The number of hydrogen-bond donors (Lipinski definition) is 0. The number of methoxy groups -OCH3 is 2. The first-order chi connectivity index (χ1) is 17.9. The van der Waals surface area contributed by atoms with Gasteiger partial charge < -0.3 is 9.47 Å². The Bertz CT molecular complexity index is 1560. The average Bonchev–Trinajstić information content (AvgIpc) is 3.15. The molecule has 37 heavy (non-hydrogen) atoms. The van der Waals surface area contributed by atoms with Crippen molar-refractivity contribution >= 4 is 38.6 Å². The number of imide groups is 1. The zero-order chi connectivity index (χ0) is 26.1. The SMILES string of the molecule is COc1ccc(CCn2c(CCN3C(=O)c4ccccc4C3=O)nc3cc(Br)ccc3c2=O)cc1OC. The fourth-order valence-electron chi connectivity index (χ4n) is 4.59. The molecule has 0 saturated heterocycles. The molecule has 0 saturated carbocycles. The summed E-state index contributed by atoms with van der Waals surface area (Å²) < 4.78 is 13.2. The summed E-state index contributed by atoms with van der Waals surface area (Å²) >= 11 is 3.44. The predicted molar refractivity (Wildman–Crippen MR) is 142 cm³/mol. The second-order valence-electron chi connectivity index (χ2n) is 8.64. The van der Waals surface area contributed by atoms with Crippen molar-refractivity contribution in [2.45, 2.75) is 19.4 Å². The quantitative estimate of drug-likeness (QED) is 0.298. The highest BCUT2D eigenvalue weighted by molar-refractivity contribution is 9.10. The van der Waals surface area contributed by atoms with Crippen LogP contribution in [0.15, 0.2) is 69.9 Å². The van der Waals surface area contributed by atoms with Crippen molar-refractivity contribution in [2.75, 3.05) is 20.8 Å². The molecule has 1 aromatic heterocycles. The van der Waals surface area contributed by atoms with Crippen LogP contribution in [0.25, 0.3) is 10.9 Å². The number of rotatable bonds is 8. The van der Waals surface area contributed by atoms with Gasteiger partial charge in [0.1, 0.15) is 5.82 Å². The van der Waals surface area contributed by atoms with Gasteiger partial charge in [-0.2, -0.15) is 0 Å². The van der Waals surface area contributed by atoms with Crippen LogP contribution in [-0.2, 0) is 19.4 Å². The fraction of sp³-hybridized carbons (Fsp3) is 0.214. The maximum Gasteiger partial charge on any atom is 0.261 e. The smallest absolute Gasteiger partial charge is 0.261 e. The van der Waals surface area contributed by atoms with Crippen LogP contribution in [0.2, 0.25) is 0 Å². The predicted octanol–water partition coefficient (Wildman–Crippen LogP) is 4.26. The van der Waals surface area contributed by atoms with Crippen molar-refractivity contribution in [3.05, 3.63) is 98.0 Å². The molecular formula is C28H24BrN3O5. The Labute approximate surface area is 221 Å². The molecule has 5 rings (SSSR count). The van der Waals surface area contributed by atoms with Crippen molar-refractivity contribution in [1.82, 2.24) is 14.5 Å². The zero-order valence-electron chi connectivity index (χ0n) is 20.4. The van der Waals surface area contributed by atoms with Gasteiger partial charge in [0, 0.05) is 24.0 Å². The fourth-order valence-corrected chi connectivity index (χ4v) is 4.94. The molecule has 188 valence electrons. The number of carbonyl (C=O) groups is 2. The highest BCUT2D eigenvalue weighted by Crippen LogP contribution is 2.28. The number of aromatic nitrogens is 2. The summed E-state index contributed by atoms with van der Waals surface area (Å²) in [4.78, 5) is 45.2. The van der Waals surface area contributed by atoms with E-state index in [0.717, 1.165) is 10.0 Å². The lowest BCUT2D eigenvalue weighted by molar-refractivity contribution is 0.0655. The van der Waals surface area contributed by atoms with Crippen LogP contribution < -0.4 is 15.0 Å². The van der Waals surface area contributed by atoms with Gasteiger partial charge in [-0.3, -0.25) is 23.9 Å². The van der Waals surface area contributed by atoms with Crippen LogP contribution in [0.4, 0.5) is 0 Å². The molecule has 9 heteroatoms. The number of carbonyl (C=O) groups excluding carboxylic acids is 2. The molecule has 0 N–H and O–H groups in total.